The van der Waals surface area contributed by atoms with Crippen molar-refractivity contribution >= 4 is 17.7 Å². The number of para-hydroxylation sites is 2. The van der Waals surface area contributed by atoms with Crippen LogP contribution < -0.4 is 14.4 Å². The Hall–Kier alpha value is -3.46. The van der Waals surface area contributed by atoms with Gasteiger partial charge < -0.3 is 19.3 Å². The van der Waals surface area contributed by atoms with E-state index in [4.69, 9.17) is 9.47 Å². The Morgan fingerprint density at radius 3 is 2.32 bits per heavy atom. The highest BCUT2D eigenvalue weighted by Crippen LogP contribution is 2.32. The van der Waals surface area contributed by atoms with E-state index in [0.717, 1.165) is 18.8 Å². The number of amides is 1. The average molecular weight is 377 g/mol. The van der Waals surface area contributed by atoms with Gasteiger partial charge in [-0.1, -0.05) is 30.3 Å². The summed E-state index contributed by atoms with van der Waals surface area (Å²) in [7, 11) is 3.08. The fourth-order valence-electron chi connectivity index (χ4n) is 3.30. The van der Waals surface area contributed by atoms with Crippen LogP contribution in [0.5, 0.6) is 11.5 Å². The minimum atomic E-state index is -0.264. The van der Waals surface area contributed by atoms with E-state index in [9.17, 15) is 10.1 Å². The minimum Gasteiger partial charge on any atom is -0.493 e. The maximum atomic E-state index is 12.9. The van der Waals surface area contributed by atoms with Crippen molar-refractivity contribution in [2.75, 3.05) is 45.3 Å². The van der Waals surface area contributed by atoms with Crippen LogP contribution in [0.4, 0.5) is 5.69 Å². The van der Waals surface area contributed by atoms with E-state index in [1.165, 1.54) is 7.11 Å². The second-order valence-corrected chi connectivity index (χ2v) is 6.37. The molecule has 0 N–H and O–H groups in total. The van der Waals surface area contributed by atoms with E-state index in [0.29, 0.717) is 30.2 Å². The topological polar surface area (TPSA) is 65.8 Å². The Bertz CT molecular complexity index is 895. The number of nitrogens with zero attached hydrogens (tertiary/aromatic N) is 3. The standard InChI is InChI=1S/C22H23N3O3/c1-27-20-10-6-7-17(21(20)28-2)15-18(16-23)22(26)25-13-11-24(12-14-25)19-8-4-3-5-9-19/h3-10,15H,11-14H2,1-2H3/b18-15-. The first-order valence-electron chi connectivity index (χ1n) is 9.10. The molecule has 0 bridgehead atoms. The summed E-state index contributed by atoms with van der Waals surface area (Å²) in [5.41, 5.74) is 1.86. The molecule has 0 saturated carbocycles. The van der Waals surface area contributed by atoms with E-state index in [2.05, 4.69) is 17.0 Å². The maximum absolute atomic E-state index is 12.9. The van der Waals surface area contributed by atoms with Crippen LogP contribution in [-0.2, 0) is 4.79 Å². The lowest BCUT2D eigenvalue weighted by Crippen LogP contribution is -2.49. The van der Waals surface area contributed by atoms with Crippen LogP contribution in [0.15, 0.2) is 54.1 Å². The molecule has 0 atom stereocenters. The molecule has 2 aromatic carbocycles. The largest absolute Gasteiger partial charge is 0.493 e. The first kappa shape index (κ1) is 19.3. The van der Waals surface area contributed by atoms with Crippen LogP contribution in [0.3, 0.4) is 0 Å². The number of hydrogen-bond donors (Lipinski definition) is 0. The third-order valence-corrected chi connectivity index (χ3v) is 4.77. The van der Waals surface area contributed by atoms with Gasteiger partial charge in [-0.15, -0.1) is 0 Å². The fraction of sp³-hybridized carbons (Fsp3) is 0.273. The molecule has 0 unspecified atom stereocenters. The molecule has 6 heteroatoms. The molecule has 1 heterocycles. The molecule has 0 spiro atoms. The van der Waals surface area contributed by atoms with Crippen LogP contribution in [0, 0.1) is 11.3 Å². The van der Waals surface area contributed by atoms with Crippen molar-refractivity contribution < 1.29 is 14.3 Å². The van der Waals surface area contributed by atoms with Gasteiger partial charge in [-0.2, -0.15) is 5.26 Å². The number of nitriles is 1. The molecule has 3 rings (SSSR count). The smallest absolute Gasteiger partial charge is 0.264 e. The monoisotopic (exact) mass is 377 g/mol. The Morgan fingerprint density at radius 1 is 1.00 bits per heavy atom. The summed E-state index contributed by atoms with van der Waals surface area (Å²) >= 11 is 0. The molecule has 2 aromatic rings. The molecule has 6 nitrogen and oxygen atoms in total. The Balaban J connectivity index is 1.75. The zero-order valence-electron chi connectivity index (χ0n) is 16.1. The number of anilines is 1. The summed E-state index contributed by atoms with van der Waals surface area (Å²) in [4.78, 5) is 16.8. The van der Waals surface area contributed by atoms with E-state index < -0.39 is 0 Å². The number of benzene rings is 2. The summed E-state index contributed by atoms with van der Waals surface area (Å²) in [5, 5.41) is 9.56. The Morgan fingerprint density at radius 2 is 1.71 bits per heavy atom. The van der Waals surface area contributed by atoms with Crippen LogP contribution in [-0.4, -0.2) is 51.2 Å². The number of carbonyl (C=O) groups excluding carboxylic acids is 1. The van der Waals surface area contributed by atoms with E-state index >= 15 is 0 Å². The summed E-state index contributed by atoms with van der Waals surface area (Å²) in [5.74, 6) is 0.789. The number of rotatable bonds is 5. The van der Waals surface area contributed by atoms with E-state index in [-0.39, 0.29) is 11.5 Å². The van der Waals surface area contributed by atoms with Crippen molar-refractivity contribution in [1.29, 1.82) is 5.26 Å². The lowest BCUT2D eigenvalue weighted by Gasteiger charge is -2.36. The molecule has 1 aliphatic rings. The van der Waals surface area contributed by atoms with Gasteiger partial charge in [0.2, 0.25) is 0 Å². The van der Waals surface area contributed by atoms with Crippen molar-refractivity contribution in [2.24, 2.45) is 0 Å². The molecule has 0 aromatic heterocycles. The number of ether oxygens (including phenoxy) is 2. The SMILES string of the molecule is COc1cccc(/C=C(/C#N)C(=O)N2CCN(c3ccccc3)CC2)c1OC. The quantitative estimate of drug-likeness (QED) is 0.592. The Labute approximate surface area is 165 Å². The molecule has 1 fully saturated rings. The third-order valence-electron chi connectivity index (χ3n) is 4.77. The summed E-state index contributed by atoms with van der Waals surface area (Å²) in [6.45, 7) is 2.61. The second-order valence-electron chi connectivity index (χ2n) is 6.37. The fourth-order valence-corrected chi connectivity index (χ4v) is 3.30. The van der Waals surface area contributed by atoms with E-state index in [1.807, 2.05) is 24.3 Å². The van der Waals surface area contributed by atoms with Crippen molar-refractivity contribution in [3.8, 4) is 17.6 Å². The second kappa shape index (κ2) is 8.96. The Kier molecular flexibility index (Phi) is 6.18. The zero-order chi connectivity index (χ0) is 19.9. The summed E-state index contributed by atoms with van der Waals surface area (Å²) in [6.07, 6.45) is 1.56. The van der Waals surface area contributed by atoms with Crippen LogP contribution in [0.1, 0.15) is 5.56 Å². The molecule has 144 valence electrons. The van der Waals surface area contributed by atoms with Gasteiger partial charge in [0.05, 0.1) is 14.2 Å². The van der Waals surface area contributed by atoms with Gasteiger partial charge in [-0.05, 0) is 24.3 Å². The normalized spacial score (nSPS) is 14.4. The molecule has 1 saturated heterocycles. The van der Waals surface area contributed by atoms with Gasteiger partial charge in [0.1, 0.15) is 11.6 Å². The molecule has 0 aliphatic carbocycles. The van der Waals surface area contributed by atoms with Gasteiger partial charge >= 0.3 is 0 Å². The van der Waals surface area contributed by atoms with Gasteiger partial charge in [0.25, 0.3) is 5.91 Å². The highest BCUT2D eigenvalue weighted by atomic mass is 16.5. The molecular formula is C22H23N3O3. The van der Waals surface area contributed by atoms with Crippen LogP contribution in [0.2, 0.25) is 0 Å². The molecular weight excluding hydrogens is 354 g/mol. The predicted octanol–water partition coefficient (Wildman–Crippen LogP) is 2.96. The van der Waals surface area contributed by atoms with Crippen molar-refractivity contribution in [1.82, 2.24) is 4.90 Å². The average Bonchev–Trinajstić information content (AvgIpc) is 2.77. The number of hydrogen-bond acceptors (Lipinski definition) is 5. The summed E-state index contributed by atoms with van der Waals surface area (Å²) < 4.78 is 10.7. The zero-order valence-corrected chi connectivity index (χ0v) is 16.1. The first-order valence-corrected chi connectivity index (χ1v) is 9.10. The molecule has 0 radical (unpaired) electrons. The molecule has 1 aliphatic heterocycles. The minimum absolute atomic E-state index is 0.0831. The van der Waals surface area contributed by atoms with Gasteiger partial charge in [-0.25, -0.2) is 0 Å². The number of methoxy groups -OCH3 is 2. The van der Waals surface area contributed by atoms with Gasteiger partial charge in [0, 0.05) is 37.4 Å². The number of piperazine rings is 1. The van der Waals surface area contributed by atoms with Gasteiger partial charge in [-0.3, -0.25) is 4.79 Å². The lowest BCUT2D eigenvalue weighted by molar-refractivity contribution is -0.126. The van der Waals surface area contributed by atoms with Crippen LogP contribution >= 0.6 is 0 Å². The van der Waals surface area contributed by atoms with Gasteiger partial charge in [0.15, 0.2) is 11.5 Å². The first-order chi connectivity index (χ1) is 13.7. The number of carbonyl (C=O) groups is 1. The molecule has 28 heavy (non-hydrogen) atoms. The highest BCUT2D eigenvalue weighted by molar-refractivity contribution is 6.02. The van der Waals surface area contributed by atoms with Crippen molar-refractivity contribution in [3.63, 3.8) is 0 Å². The third kappa shape index (κ3) is 4.09. The predicted molar refractivity (Wildman–Crippen MR) is 108 cm³/mol. The molecule has 1 amide bonds. The van der Waals surface area contributed by atoms with E-state index in [1.54, 1.807) is 36.3 Å². The van der Waals surface area contributed by atoms with Crippen LogP contribution in [0.25, 0.3) is 6.08 Å². The van der Waals surface area contributed by atoms with Crippen molar-refractivity contribution in [2.45, 2.75) is 0 Å². The highest BCUT2D eigenvalue weighted by Gasteiger charge is 2.24. The lowest BCUT2D eigenvalue weighted by atomic mass is 10.1. The summed E-state index contributed by atoms with van der Waals surface area (Å²) in [6, 6.07) is 17.5. The van der Waals surface area contributed by atoms with Crippen molar-refractivity contribution in [3.05, 3.63) is 59.7 Å². The maximum Gasteiger partial charge on any atom is 0.264 e.